The highest BCUT2D eigenvalue weighted by Crippen LogP contribution is 2.29. The summed E-state index contributed by atoms with van der Waals surface area (Å²) in [5, 5.41) is 0. The summed E-state index contributed by atoms with van der Waals surface area (Å²) in [6.07, 6.45) is 3.79. The molecule has 2 aromatic rings. The van der Waals surface area contributed by atoms with Crippen LogP contribution in [0.25, 0.3) is 0 Å². The molecule has 110 valence electrons. The van der Waals surface area contributed by atoms with Crippen LogP contribution in [0.2, 0.25) is 0 Å². The summed E-state index contributed by atoms with van der Waals surface area (Å²) >= 11 is 0. The lowest BCUT2D eigenvalue weighted by Crippen LogP contribution is -2.28. The first-order valence-electron chi connectivity index (χ1n) is 7.61. The maximum atomic E-state index is 5.86. The van der Waals surface area contributed by atoms with E-state index in [1.807, 2.05) is 12.1 Å². The SMILES string of the molecule is CCc1ccc(C(NN)c2cccc(OC3CC3)c2)cc1. The van der Waals surface area contributed by atoms with Gasteiger partial charge in [0, 0.05) is 0 Å². The Morgan fingerprint density at radius 2 is 1.90 bits per heavy atom. The Kier molecular flexibility index (Phi) is 4.23. The minimum Gasteiger partial charge on any atom is -0.490 e. The van der Waals surface area contributed by atoms with E-state index in [0.29, 0.717) is 6.10 Å². The molecule has 0 amide bonds. The summed E-state index contributed by atoms with van der Waals surface area (Å²) in [5.41, 5.74) is 6.54. The molecule has 0 bridgehead atoms. The van der Waals surface area contributed by atoms with E-state index in [1.165, 1.54) is 24.0 Å². The van der Waals surface area contributed by atoms with Gasteiger partial charge in [-0.1, -0.05) is 43.3 Å². The molecule has 1 atom stereocenters. The van der Waals surface area contributed by atoms with Crippen LogP contribution in [0.5, 0.6) is 5.75 Å². The third kappa shape index (κ3) is 3.43. The van der Waals surface area contributed by atoms with Crippen LogP contribution in [-0.4, -0.2) is 6.10 Å². The van der Waals surface area contributed by atoms with Crippen molar-refractivity contribution in [3.63, 3.8) is 0 Å². The lowest BCUT2D eigenvalue weighted by atomic mass is 9.97. The van der Waals surface area contributed by atoms with Gasteiger partial charge in [-0.25, -0.2) is 5.43 Å². The summed E-state index contributed by atoms with van der Waals surface area (Å²) in [4.78, 5) is 0. The summed E-state index contributed by atoms with van der Waals surface area (Å²) in [5.74, 6) is 6.71. The third-order valence-electron chi connectivity index (χ3n) is 3.91. The number of hydrogen-bond donors (Lipinski definition) is 2. The lowest BCUT2D eigenvalue weighted by Gasteiger charge is -2.18. The molecule has 2 aromatic carbocycles. The fourth-order valence-corrected chi connectivity index (χ4v) is 2.48. The van der Waals surface area contributed by atoms with Crippen molar-refractivity contribution in [3.8, 4) is 5.75 Å². The number of nitrogens with two attached hydrogens (primary N) is 1. The molecule has 0 aliphatic heterocycles. The molecule has 0 aromatic heterocycles. The minimum absolute atomic E-state index is 0.0151. The monoisotopic (exact) mass is 282 g/mol. The normalized spacial score (nSPS) is 15.7. The Morgan fingerprint density at radius 1 is 1.14 bits per heavy atom. The van der Waals surface area contributed by atoms with Gasteiger partial charge in [-0.2, -0.15) is 0 Å². The molecule has 0 saturated heterocycles. The van der Waals surface area contributed by atoms with Crippen molar-refractivity contribution in [2.45, 2.75) is 38.3 Å². The summed E-state index contributed by atoms with van der Waals surface area (Å²) in [6, 6.07) is 16.8. The van der Waals surface area contributed by atoms with E-state index in [9.17, 15) is 0 Å². The Bertz CT molecular complexity index is 590. The van der Waals surface area contributed by atoms with Gasteiger partial charge in [0.1, 0.15) is 5.75 Å². The summed E-state index contributed by atoms with van der Waals surface area (Å²) in [7, 11) is 0. The average Bonchev–Trinajstić information content (AvgIpc) is 3.33. The van der Waals surface area contributed by atoms with E-state index in [2.05, 4.69) is 48.7 Å². The van der Waals surface area contributed by atoms with Crippen LogP contribution in [0.4, 0.5) is 0 Å². The number of rotatable bonds is 6. The van der Waals surface area contributed by atoms with Crippen LogP contribution < -0.4 is 16.0 Å². The van der Waals surface area contributed by atoms with Gasteiger partial charge in [0.25, 0.3) is 0 Å². The molecule has 3 heteroatoms. The van der Waals surface area contributed by atoms with Crippen LogP contribution in [-0.2, 0) is 6.42 Å². The number of hydrazine groups is 1. The van der Waals surface area contributed by atoms with Gasteiger partial charge in [-0.05, 0) is 48.1 Å². The van der Waals surface area contributed by atoms with Crippen molar-refractivity contribution in [1.29, 1.82) is 0 Å². The number of ether oxygens (including phenoxy) is 1. The van der Waals surface area contributed by atoms with E-state index in [1.54, 1.807) is 0 Å². The van der Waals surface area contributed by atoms with Crippen molar-refractivity contribution < 1.29 is 4.74 Å². The Hall–Kier alpha value is -1.84. The Balaban J connectivity index is 1.83. The number of nitrogens with one attached hydrogen (secondary N) is 1. The van der Waals surface area contributed by atoms with Crippen molar-refractivity contribution in [1.82, 2.24) is 5.43 Å². The van der Waals surface area contributed by atoms with E-state index in [-0.39, 0.29) is 6.04 Å². The standard InChI is InChI=1S/C18H22N2O/c1-2-13-6-8-14(9-7-13)18(20-19)15-4-3-5-17(12-15)21-16-10-11-16/h3-9,12,16,18,20H,2,10-11,19H2,1H3. The lowest BCUT2D eigenvalue weighted by molar-refractivity contribution is 0.302. The second-order valence-electron chi connectivity index (χ2n) is 5.58. The molecular weight excluding hydrogens is 260 g/mol. The zero-order valence-electron chi connectivity index (χ0n) is 12.4. The fraction of sp³-hybridized carbons (Fsp3) is 0.333. The van der Waals surface area contributed by atoms with Crippen LogP contribution in [0.1, 0.15) is 42.5 Å². The molecule has 1 unspecified atom stereocenters. The summed E-state index contributed by atoms with van der Waals surface area (Å²) in [6.45, 7) is 2.16. The smallest absolute Gasteiger partial charge is 0.120 e. The highest BCUT2D eigenvalue weighted by molar-refractivity contribution is 5.37. The molecular formula is C18H22N2O. The molecule has 21 heavy (non-hydrogen) atoms. The van der Waals surface area contributed by atoms with Crippen LogP contribution in [0.3, 0.4) is 0 Å². The molecule has 3 rings (SSSR count). The predicted molar refractivity (Wildman–Crippen MR) is 85.1 cm³/mol. The summed E-state index contributed by atoms with van der Waals surface area (Å²) < 4.78 is 5.86. The van der Waals surface area contributed by atoms with Gasteiger partial charge in [0.05, 0.1) is 12.1 Å². The van der Waals surface area contributed by atoms with Crippen molar-refractivity contribution >= 4 is 0 Å². The molecule has 1 aliphatic carbocycles. The van der Waals surface area contributed by atoms with E-state index in [4.69, 9.17) is 10.6 Å². The highest BCUT2D eigenvalue weighted by Gasteiger charge is 2.23. The van der Waals surface area contributed by atoms with Gasteiger partial charge in [0.15, 0.2) is 0 Å². The molecule has 0 heterocycles. The molecule has 1 aliphatic rings. The molecule has 3 N–H and O–H groups in total. The van der Waals surface area contributed by atoms with Crippen LogP contribution in [0, 0.1) is 0 Å². The molecule has 1 saturated carbocycles. The second kappa shape index (κ2) is 6.29. The van der Waals surface area contributed by atoms with Gasteiger partial charge in [-0.15, -0.1) is 0 Å². The number of benzene rings is 2. The molecule has 0 radical (unpaired) electrons. The predicted octanol–water partition coefficient (Wildman–Crippen LogP) is 3.34. The van der Waals surface area contributed by atoms with Gasteiger partial charge >= 0.3 is 0 Å². The first-order valence-corrected chi connectivity index (χ1v) is 7.61. The zero-order valence-corrected chi connectivity index (χ0v) is 12.4. The molecule has 3 nitrogen and oxygen atoms in total. The maximum absolute atomic E-state index is 5.86. The van der Waals surface area contributed by atoms with Crippen LogP contribution >= 0.6 is 0 Å². The Labute approximate surface area is 126 Å². The third-order valence-corrected chi connectivity index (χ3v) is 3.91. The van der Waals surface area contributed by atoms with E-state index in [0.717, 1.165) is 17.7 Å². The van der Waals surface area contributed by atoms with Crippen molar-refractivity contribution in [2.75, 3.05) is 0 Å². The van der Waals surface area contributed by atoms with Gasteiger partial charge < -0.3 is 4.74 Å². The van der Waals surface area contributed by atoms with E-state index >= 15 is 0 Å². The minimum atomic E-state index is -0.0151. The quantitative estimate of drug-likeness (QED) is 0.631. The number of aryl methyl sites for hydroxylation is 1. The first kappa shape index (κ1) is 14.1. The molecule has 0 spiro atoms. The topological polar surface area (TPSA) is 47.3 Å². The first-order chi connectivity index (χ1) is 10.3. The fourth-order valence-electron chi connectivity index (χ4n) is 2.48. The Morgan fingerprint density at radius 3 is 2.52 bits per heavy atom. The highest BCUT2D eigenvalue weighted by atomic mass is 16.5. The van der Waals surface area contributed by atoms with Gasteiger partial charge in [-0.3, -0.25) is 5.84 Å². The number of hydrogen-bond acceptors (Lipinski definition) is 3. The van der Waals surface area contributed by atoms with Crippen molar-refractivity contribution in [2.24, 2.45) is 5.84 Å². The van der Waals surface area contributed by atoms with E-state index < -0.39 is 0 Å². The van der Waals surface area contributed by atoms with Gasteiger partial charge in [0.2, 0.25) is 0 Å². The zero-order chi connectivity index (χ0) is 14.7. The average molecular weight is 282 g/mol. The molecule has 1 fully saturated rings. The largest absolute Gasteiger partial charge is 0.490 e. The maximum Gasteiger partial charge on any atom is 0.120 e. The van der Waals surface area contributed by atoms with Crippen LogP contribution in [0.15, 0.2) is 48.5 Å². The second-order valence-corrected chi connectivity index (χ2v) is 5.58. The van der Waals surface area contributed by atoms with Crippen molar-refractivity contribution in [3.05, 3.63) is 65.2 Å².